The Balaban J connectivity index is 2.36. The van der Waals surface area contributed by atoms with Crippen molar-refractivity contribution in [2.75, 3.05) is 4.72 Å². The van der Waals surface area contributed by atoms with Crippen molar-refractivity contribution in [2.24, 2.45) is 0 Å². The molecular formula is C10H7ClN2O4S2. The minimum absolute atomic E-state index is 0.127. The normalized spacial score (nSPS) is 11.2. The predicted octanol–water partition coefficient (Wildman–Crippen LogP) is 2.30. The van der Waals surface area contributed by atoms with E-state index >= 15 is 0 Å². The van der Waals surface area contributed by atoms with Gasteiger partial charge in [-0.15, -0.1) is 11.3 Å². The molecule has 6 nitrogen and oxygen atoms in total. The zero-order chi connectivity index (χ0) is 14.0. The van der Waals surface area contributed by atoms with Gasteiger partial charge in [0.2, 0.25) is 0 Å². The van der Waals surface area contributed by atoms with E-state index in [1.165, 1.54) is 12.3 Å². The number of benzene rings is 1. The Kier molecular flexibility index (Phi) is 3.74. The van der Waals surface area contributed by atoms with E-state index in [2.05, 4.69) is 9.71 Å². The van der Waals surface area contributed by atoms with Gasteiger partial charge >= 0.3 is 5.97 Å². The van der Waals surface area contributed by atoms with E-state index in [4.69, 9.17) is 16.7 Å². The number of carboxylic acid groups (broad SMARTS) is 1. The van der Waals surface area contributed by atoms with E-state index in [-0.39, 0.29) is 20.6 Å². The Hall–Kier alpha value is -1.64. The predicted molar refractivity (Wildman–Crippen MR) is 71.3 cm³/mol. The van der Waals surface area contributed by atoms with Crippen LogP contribution in [-0.4, -0.2) is 24.5 Å². The average molecular weight is 319 g/mol. The third kappa shape index (κ3) is 3.03. The molecule has 2 aromatic rings. The molecule has 0 saturated heterocycles. The second-order valence-electron chi connectivity index (χ2n) is 3.39. The third-order valence-corrected chi connectivity index (χ3v) is 4.60. The second kappa shape index (κ2) is 5.16. The fourth-order valence-corrected chi connectivity index (χ4v) is 3.42. The standard InChI is InChI=1S/C10H7ClN2O4S2/c11-8-5-6(1-2-7(8)9(14)15)19(16,17)13-10-12-3-4-18-10/h1-5H,(H,12,13)(H,14,15). The molecule has 0 aliphatic rings. The summed E-state index contributed by atoms with van der Waals surface area (Å²) in [5.41, 5.74) is -0.158. The molecule has 0 unspecified atom stereocenters. The Bertz CT molecular complexity index is 713. The van der Waals surface area contributed by atoms with Gasteiger partial charge in [0.05, 0.1) is 15.5 Å². The number of halogens is 1. The Labute approximate surface area is 117 Å². The molecule has 0 fully saturated rings. The first-order valence-electron chi connectivity index (χ1n) is 4.85. The first kappa shape index (κ1) is 13.8. The Morgan fingerprint density at radius 2 is 2.16 bits per heavy atom. The molecule has 1 heterocycles. The van der Waals surface area contributed by atoms with Crippen molar-refractivity contribution in [3.05, 3.63) is 40.4 Å². The molecule has 2 rings (SSSR count). The maximum absolute atomic E-state index is 12.0. The summed E-state index contributed by atoms with van der Waals surface area (Å²) in [7, 11) is -3.83. The van der Waals surface area contributed by atoms with E-state index in [9.17, 15) is 13.2 Å². The van der Waals surface area contributed by atoms with Gasteiger partial charge in [-0.25, -0.2) is 18.2 Å². The molecule has 2 N–H and O–H groups in total. The van der Waals surface area contributed by atoms with Crippen LogP contribution in [0.4, 0.5) is 5.13 Å². The SMILES string of the molecule is O=C(O)c1ccc(S(=O)(=O)Nc2nccs2)cc1Cl. The van der Waals surface area contributed by atoms with Crippen molar-refractivity contribution in [2.45, 2.75) is 4.90 Å². The second-order valence-corrected chi connectivity index (χ2v) is 6.37. The number of aromatic nitrogens is 1. The minimum Gasteiger partial charge on any atom is -0.478 e. The molecule has 0 amide bonds. The third-order valence-electron chi connectivity index (χ3n) is 2.14. The number of nitrogens with zero attached hydrogens (tertiary/aromatic N) is 1. The van der Waals surface area contributed by atoms with E-state index in [0.717, 1.165) is 23.5 Å². The van der Waals surface area contributed by atoms with Gasteiger partial charge < -0.3 is 5.11 Å². The number of hydrogen-bond acceptors (Lipinski definition) is 5. The van der Waals surface area contributed by atoms with E-state index in [0.29, 0.717) is 0 Å². The molecule has 19 heavy (non-hydrogen) atoms. The lowest BCUT2D eigenvalue weighted by Crippen LogP contribution is -2.13. The lowest BCUT2D eigenvalue weighted by atomic mass is 10.2. The van der Waals surface area contributed by atoms with E-state index < -0.39 is 16.0 Å². The summed E-state index contributed by atoms with van der Waals surface area (Å²) in [6.07, 6.45) is 1.46. The number of hydrogen-bond donors (Lipinski definition) is 2. The van der Waals surface area contributed by atoms with Gasteiger partial charge in [0.15, 0.2) is 5.13 Å². The summed E-state index contributed by atoms with van der Waals surface area (Å²) in [5, 5.41) is 10.5. The topological polar surface area (TPSA) is 96.4 Å². The van der Waals surface area contributed by atoms with Crippen LogP contribution in [0.15, 0.2) is 34.7 Å². The van der Waals surface area contributed by atoms with E-state index in [1.807, 2.05) is 0 Å². The van der Waals surface area contributed by atoms with Crippen LogP contribution in [0.5, 0.6) is 0 Å². The van der Waals surface area contributed by atoms with Crippen LogP contribution in [0, 0.1) is 0 Å². The van der Waals surface area contributed by atoms with Crippen molar-refractivity contribution in [3.8, 4) is 0 Å². The summed E-state index contributed by atoms with van der Waals surface area (Å²) < 4.78 is 26.2. The highest BCUT2D eigenvalue weighted by Crippen LogP contribution is 2.23. The van der Waals surface area contributed by atoms with Crippen molar-refractivity contribution >= 4 is 44.1 Å². The number of anilines is 1. The number of nitrogens with one attached hydrogen (secondary N) is 1. The van der Waals surface area contributed by atoms with Crippen LogP contribution < -0.4 is 4.72 Å². The monoisotopic (exact) mass is 318 g/mol. The molecule has 0 aliphatic carbocycles. The lowest BCUT2D eigenvalue weighted by Gasteiger charge is -2.06. The summed E-state index contributed by atoms with van der Waals surface area (Å²) in [4.78, 5) is 14.5. The molecule has 1 aromatic carbocycles. The minimum atomic E-state index is -3.83. The number of aromatic carboxylic acids is 1. The summed E-state index contributed by atoms with van der Waals surface area (Å²) >= 11 is 6.85. The molecule has 0 spiro atoms. The molecule has 0 bridgehead atoms. The molecule has 9 heteroatoms. The molecule has 0 saturated carbocycles. The maximum Gasteiger partial charge on any atom is 0.337 e. The molecule has 1 aromatic heterocycles. The van der Waals surface area contributed by atoms with Gasteiger partial charge in [-0.1, -0.05) is 11.6 Å². The van der Waals surface area contributed by atoms with Crippen LogP contribution in [0.25, 0.3) is 0 Å². The molecule has 0 atom stereocenters. The summed E-state index contributed by atoms with van der Waals surface area (Å²) in [6.45, 7) is 0. The zero-order valence-electron chi connectivity index (χ0n) is 9.20. The Morgan fingerprint density at radius 1 is 1.42 bits per heavy atom. The number of rotatable bonds is 4. The van der Waals surface area contributed by atoms with Crippen LogP contribution in [0.2, 0.25) is 5.02 Å². The highest BCUT2D eigenvalue weighted by atomic mass is 35.5. The summed E-state index contributed by atoms with van der Waals surface area (Å²) in [6, 6.07) is 3.40. The molecule has 0 aliphatic heterocycles. The van der Waals surface area contributed by atoms with Crippen molar-refractivity contribution in [1.82, 2.24) is 4.98 Å². The molecule has 0 radical (unpaired) electrons. The number of carboxylic acids is 1. The van der Waals surface area contributed by atoms with Crippen molar-refractivity contribution < 1.29 is 18.3 Å². The van der Waals surface area contributed by atoms with Gasteiger partial charge in [-0.05, 0) is 18.2 Å². The van der Waals surface area contributed by atoms with Crippen LogP contribution >= 0.6 is 22.9 Å². The quantitative estimate of drug-likeness (QED) is 0.901. The molecule has 100 valence electrons. The highest BCUT2D eigenvalue weighted by molar-refractivity contribution is 7.93. The lowest BCUT2D eigenvalue weighted by molar-refractivity contribution is 0.0697. The van der Waals surface area contributed by atoms with Crippen LogP contribution in [0.3, 0.4) is 0 Å². The van der Waals surface area contributed by atoms with Crippen LogP contribution in [0.1, 0.15) is 10.4 Å². The van der Waals surface area contributed by atoms with Gasteiger partial charge in [-0.2, -0.15) is 0 Å². The van der Waals surface area contributed by atoms with Gasteiger partial charge in [-0.3, -0.25) is 4.72 Å². The summed E-state index contributed by atoms with van der Waals surface area (Å²) in [5.74, 6) is -1.22. The average Bonchev–Trinajstić information content (AvgIpc) is 2.80. The smallest absolute Gasteiger partial charge is 0.337 e. The number of thiazole rings is 1. The maximum atomic E-state index is 12.0. The molecular weight excluding hydrogens is 312 g/mol. The number of sulfonamides is 1. The van der Waals surface area contributed by atoms with Gasteiger partial charge in [0.25, 0.3) is 10.0 Å². The first-order valence-corrected chi connectivity index (χ1v) is 7.59. The Morgan fingerprint density at radius 3 is 2.68 bits per heavy atom. The van der Waals surface area contributed by atoms with Crippen molar-refractivity contribution in [1.29, 1.82) is 0 Å². The number of carbonyl (C=O) groups is 1. The van der Waals surface area contributed by atoms with E-state index in [1.54, 1.807) is 5.38 Å². The zero-order valence-corrected chi connectivity index (χ0v) is 11.6. The first-order chi connectivity index (χ1) is 8.90. The van der Waals surface area contributed by atoms with Crippen LogP contribution in [-0.2, 0) is 10.0 Å². The fraction of sp³-hybridized carbons (Fsp3) is 0. The van der Waals surface area contributed by atoms with Gasteiger partial charge in [0, 0.05) is 11.6 Å². The van der Waals surface area contributed by atoms with Crippen molar-refractivity contribution in [3.63, 3.8) is 0 Å². The van der Waals surface area contributed by atoms with Gasteiger partial charge in [0.1, 0.15) is 0 Å². The largest absolute Gasteiger partial charge is 0.478 e. The fourth-order valence-electron chi connectivity index (χ4n) is 1.28. The highest BCUT2D eigenvalue weighted by Gasteiger charge is 2.18.